The van der Waals surface area contributed by atoms with Crippen LogP contribution in [0.1, 0.15) is 0 Å². The molecule has 0 saturated heterocycles. The fourth-order valence-corrected chi connectivity index (χ4v) is 6.72. The second-order valence-electron chi connectivity index (χ2n) is 12.3. The Morgan fingerprint density at radius 2 is 0.607 bits per heavy atom. The van der Waals surface area contributed by atoms with Gasteiger partial charge in [-0.1, -0.05) is 0 Å². The molecular formula is C34H18N12O10. The van der Waals surface area contributed by atoms with Gasteiger partial charge in [0.25, 0.3) is 22.7 Å². The van der Waals surface area contributed by atoms with E-state index in [1.54, 1.807) is 0 Å². The number of aromatic nitrogens is 8. The quantitative estimate of drug-likeness (QED) is 0.101. The number of aromatic hydroxyl groups is 2. The Hall–Kier alpha value is -8.82. The third kappa shape index (κ3) is 4.83. The lowest BCUT2D eigenvalue weighted by Crippen LogP contribution is -2.14. The van der Waals surface area contributed by atoms with Crippen molar-refractivity contribution in [3.8, 4) is 34.2 Å². The number of nitro groups is 4. The van der Waals surface area contributed by atoms with Gasteiger partial charge in [-0.05, 0) is 24.3 Å². The third-order valence-electron chi connectivity index (χ3n) is 9.24. The van der Waals surface area contributed by atoms with Gasteiger partial charge in [0.2, 0.25) is 0 Å². The predicted octanol–water partition coefficient (Wildman–Crippen LogP) is 6.09. The number of non-ortho nitro benzene ring substituents is 4. The largest absolute Gasteiger partial charge is 0.504 e. The Morgan fingerprint density at radius 3 is 0.804 bits per heavy atom. The summed E-state index contributed by atoms with van der Waals surface area (Å²) in [6.45, 7) is 0. The number of hydrogen-bond donors (Lipinski definition) is 2. The minimum atomic E-state index is -0.629. The maximum Gasteiger partial charge on any atom is 0.270 e. The summed E-state index contributed by atoms with van der Waals surface area (Å²) < 4.78 is 4.82. The van der Waals surface area contributed by atoms with Crippen molar-refractivity contribution in [3.63, 3.8) is 0 Å². The molecule has 2 N–H and O–H groups in total. The first-order valence-corrected chi connectivity index (χ1v) is 16.0. The highest BCUT2D eigenvalue weighted by Crippen LogP contribution is 2.49. The van der Waals surface area contributed by atoms with E-state index in [9.17, 15) is 50.7 Å². The molecule has 5 aromatic carbocycles. The average molecular weight is 755 g/mol. The fourth-order valence-electron chi connectivity index (χ4n) is 6.72. The minimum Gasteiger partial charge on any atom is -0.504 e. The van der Waals surface area contributed by atoms with Crippen molar-refractivity contribution in [2.24, 2.45) is 0 Å². The van der Waals surface area contributed by atoms with Gasteiger partial charge in [-0.25, -0.2) is 18.7 Å². The van der Waals surface area contributed by atoms with Crippen LogP contribution < -0.4 is 0 Å². The normalized spacial score (nSPS) is 11.6. The standard InChI is InChI=1S/C34H18N12O10/c47-33-29(39-25-5-1-21(43(49)50)9-17(25)13-35-39)30(40-26-6-2-22(44(51)52)10-18(26)14-36-40)34(48)32(42-28-8-4-24(46(55)56)12-20(28)16-38-42)31(33)41-27-7-3-23(45(53)54)11-19(27)15-37-41/h1-16,47-48H. The molecule has 274 valence electrons. The molecule has 0 unspecified atom stereocenters. The lowest BCUT2D eigenvalue weighted by Gasteiger charge is -2.22. The molecule has 0 aliphatic rings. The molecule has 22 heteroatoms. The molecule has 0 amide bonds. The predicted molar refractivity (Wildman–Crippen MR) is 195 cm³/mol. The molecule has 0 aliphatic heterocycles. The monoisotopic (exact) mass is 754 g/mol. The molecule has 0 radical (unpaired) electrons. The second kappa shape index (κ2) is 11.9. The number of nitrogens with zero attached hydrogens (tertiary/aromatic N) is 12. The summed E-state index contributed by atoms with van der Waals surface area (Å²) in [6, 6.07) is 15.5. The SMILES string of the molecule is O=[N+]([O-])c1ccc2c(cnn2-c2c(O)c(-n3ncc4cc([N+](=O)[O-])ccc43)c(-n3ncc4cc([N+](=O)[O-])ccc43)c(O)c2-n2ncc3cc([N+](=O)[O-])ccc32)c1. The van der Waals surface area contributed by atoms with Gasteiger partial charge in [0.05, 0.1) is 66.5 Å². The first-order chi connectivity index (χ1) is 26.9. The number of rotatable bonds is 8. The first-order valence-electron chi connectivity index (χ1n) is 16.0. The van der Waals surface area contributed by atoms with E-state index in [1.807, 2.05) is 0 Å². The van der Waals surface area contributed by atoms with Crippen molar-refractivity contribution in [2.45, 2.75) is 0 Å². The number of phenolic OH excluding ortho intramolecular Hbond substituents is 2. The molecule has 0 aliphatic carbocycles. The van der Waals surface area contributed by atoms with Crippen LogP contribution >= 0.6 is 0 Å². The number of nitro benzene ring substituents is 4. The first kappa shape index (κ1) is 33.0. The van der Waals surface area contributed by atoms with Crippen LogP contribution in [-0.4, -0.2) is 69.0 Å². The van der Waals surface area contributed by atoms with Gasteiger partial charge in [0.1, 0.15) is 22.7 Å². The highest BCUT2D eigenvalue weighted by atomic mass is 16.6. The Labute approximate surface area is 307 Å². The van der Waals surface area contributed by atoms with E-state index in [-0.39, 0.29) is 89.1 Å². The zero-order valence-electron chi connectivity index (χ0n) is 27.8. The van der Waals surface area contributed by atoms with Crippen LogP contribution in [0.5, 0.6) is 11.5 Å². The second-order valence-corrected chi connectivity index (χ2v) is 12.3. The van der Waals surface area contributed by atoms with Crippen molar-refractivity contribution < 1.29 is 29.9 Å². The van der Waals surface area contributed by atoms with Crippen molar-refractivity contribution in [3.05, 3.63) is 138 Å². The summed E-state index contributed by atoms with van der Waals surface area (Å²) in [7, 11) is 0. The van der Waals surface area contributed by atoms with Gasteiger partial charge >= 0.3 is 0 Å². The number of hydrogen-bond acceptors (Lipinski definition) is 14. The minimum absolute atomic E-state index is 0.232. The van der Waals surface area contributed by atoms with Crippen molar-refractivity contribution >= 4 is 66.4 Å². The average Bonchev–Trinajstić information content (AvgIpc) is 3.99. The summed E-state index contributed by atoms with van der Waals surface area (Å²) >= 11 is 0. The van der Waals surface area contributed by atoms with Gasteiger partial charge in [-0.2, -0.15) is 20.4 Å². The van der Waals surface area contributed by atoms with Gasteiger partial charge in [0.15, 0.2) is 11.5 Å². The Kier molecular flexibility index (Phi) is 6.99. The van der Waals surface area contributed by atoms with Crippen molar-refractivity contribution in [2.75, 3.05) is 0 Å². The Bertz CT molecular complexity index is 2790. The molecule has 0 atom stereocenters. The number of phenols is 2. The third-order valence-corrected chi connectivity index (χ3v) is 9.24. The van der Waals surface area contributed by atoms with Crippen LogP contribution in [0.4, 0.5) is 22.7 Å². The van der Waals surface area contributed by atoms with Crippen LogP contribution in [-0.2, 0) is 0 Å². The highest BCUT2D eigenvalue weighted by molar-refractivity contribution is 5.94. The molecule has 0 fully saturated rings. The van der Waals surface area contributed by atoms with Crippen LogP contribution in [0.2, 0.25) is 0 Å². The zero-order chi connectivity index (χ0) is 39.2. The number of fused-ring (bicyclic) bond motifs is 4. The molecular weight excluding hydrogens is 736 g/mol. The van der Waals surface area contributed by atoms with Gasteiger partial charge in [-0.15, -0.1) is 0 Å². The summed E-state index contributed by atoms with van der Waals surface area (Å²) in [5.41, 5.74) is -1.04. The lowest BCUT2D eigenvalue weighted by molar-refractivity contribution is -0.384. The molecule has 9 aromatic rings. The molecule has 4 aromatic heterocycles. The van der Waals surface area contributed by atoms with E-state index in [0.29, 0.717) is 0 Å². The van der Waals surface area contributed by atoms with Crippen LogP contribution in [0.15, 0.2) is 97.6 Å². The summed E-state index contributed by atoms with van der Waals surface area (Å²) in [5.74, 6) is -1.26. The molecule has 56 heavy (non-hydrogen) atoms. The van der Waals surface area contributed by atoms with E-state index in [1.165, 1.54) is 116 Å². The van der Waals surface area contributed by atoms with Crippen LogP contribution in [0, 0.1) is 40.5 Å². The molecule has 0 saturated carbocycles. The molecule has 4 heterocycles. The van der Waals surface area contributed by atoms with Crippen molar-refractivity contribution in [1.29, 1.82) is 0 Å². The van der Waals surface area contributed by atoms with E-state index in [2.05, 4.69) is 20.4 Å². The molecule has 22 nitrogen and oxygen atoms in total. The Balaban J connectivity index is 1.45. The summed E-state index contributed by atoms with van der Waals surface area (Å²) in [4.78, 5) is 44.1. The summed E-state index contributed by atoms with van der Waals surface area (Å²) in [6.07, 6.45) is 5.21. The smallest absolute Gasteiger partial charge is 0.270 e. The maximum atomic E-state index is 12.7. The Morgan fingerprint density at radius 1 is 0.393 bits per heavy atom. The maximum absolute atomic E-state index is 12.7. The molecule has 0 bridgehead atoms. The molecule has 9 rings (SSSR count). The molecule has 0 spiro atoms. The fraction of sp³-hybridized carbons (Fsp3) is 0. The van der Waals surface area contributed by atoms with Gasteiger partial charge < -0.3 is 10.2 Å². The van der Waals surface area contributed by atoms with Gasteiger partial charge in [-0.3, -0.25) is 40.5 Å². The number of benzene rings is 5. The van der Waals surface area contributed by atoms with E-state index < -0.39 is 31.2 Å². The zero-order valence-corrected chi connectivity index (χ0v) is 27.8. The highest BCUT2D eigenvalue weighted by Gasteiger charge is 2.33. The van der Waals surface area contributed by atoms with Crippen molar-refractivity contribution in [1.82, 2.24) is 39.1 Å². The van der Waals surface area contributed by atoms with E-state index >= 15 is 0 Å². The topological polar surface area (TPSA) is 284 Å². The van der Waals surface area contributed by atoms with Gasteiger partial charge in [0, 0.05) is 70.1 Å². The van der Waals surface area contributed by atoms with E-state index in [4.69, 9.17) is 0 Å². The lowest BCUT2D eigenvalue weighted by atomic mass is 10.1. The van der Waals surface area contributed by atoms with E-state index in [0.717, 1.165) is 0 Å². The van der Waals surface area contributed by atoms with Crippen LogP contribution in [0.25, 0.3) is 66.4 Å². The van der Waals surface area contributed by atoms with Crippen LogP contribution in [0.3, 0.4) is 0 Å². The summed E-state index contributed by atoms with van der Waals surface area (Å²) in [5, 5.41) is 90.7.